The van der Waals surface area contributed by atoms with E-state index in [1.54, 1.807) is 6.92 Å². The van der Waals surface area contributed by atoms with Gasteiger partial charge in [-0.3, -0.25) is 9.67 Å². The molecule has 2 N–H and O–H groups in total. The number of hydrogen-bond donors (Lipinski definition) is 2. The molecule has 4 heterocycles. The number of alkyl halides is 2. The highest BCUT2D eigenvalue weighted by Gasteiger charge is 2.57. The Morgan fingerprint density at radius 3 is 2.00 bits per heavy atom. The van der Waals surface area contributed by atoms with Crippen LogP contribution in [0.5, 0.6) is 0 Å². The molecule has 0 bridgehead atoms. The van der Waals surface area contributed by atoms with Gasteiger partial charge in [0.25, 0.3) is 0 Å². The van der Waals surface area contributed by atoms with Crippen molar-refractivity contribution in [1.29, 1.82) is 0 Å². The van der Waals surface area contributed by atoms with Crippen LogP contribution in [0.4, 0.5) is 28.9 Å². The quantitative estimate of drug-likeness (QED) is 0.148. The third-order valence-corrected chi connectivity index (χ3v) is 10.3. The summed E-state index contributed by atoms with van der Waals surface area (Å²) in [6, 6.07) is 21.1. The number of pyridine rings is 1. The van der Waals surface area contributed by atoms with Gasteiger partial charge in [-0.1, -0.05) is 25.1 Å². The minimum Gasteiger partial charge on any atom is -0.391 e. The zero-order valence-corrected chi connectivity index (χ0v) is 30.2. The first kappa shape index (κ1) is 37.5. The first-order valence-electron chi connectivity index (χ1n) is 17.9. The van der Waals surface area contributed by atoms with Crippen LogP contribution in [-0.2, 0) is 18.1 Å². The highest BCUT2D eigenvalue weighted by Crippen LogP contribution is 2.47. The fourth-order valence-electron chi connectivity index (χ4n) is 7.12. The predicted octanol–water partition coefficient (Wildman–Crippen LogP) is 5.91. The molecule has 286 valence electrons. The van der Waals surface area contributed by atoms with Gasteiger partial charge in [0, 0.05) is 73.3 Å². The van der Waals surface area contributed by atoms with Crippen molar-refractivity contribution in [2.75, 3.05) is 36.0 Å². The Hall–Kier alpha value is -5.80. The predicted molar refractivity (Wildman–Crippen MR) is 199 cm³/mol. The van der Waals surface area contributed by atoms with E-state index in [0.717, 1.165) is 66.0 Å². The molecule has 3 aromatic heterocycles. The van der Waals surface area contributed by atoms with Crippen LogP contribution >= 0.6 is 0 Å². The van der Waals surface area contributed by atoms with Gasteiger partial charge in [-0.05, 0) is 79.6 Å². The molecule has 3 atom stereocenters. The SMILES string of the molecule is CCC(C(C)O)n1ncn(-c2ccc(N3CCN(c4ccc(-c5ccc(C(F)(F)C(O)(Cn6cccn6)c6ccc(F)cc6F)nc5)cc4)CC3)cc2)c1=O. The maximum atomic E-state index is 16.2. The zero-order chi connectivity index (χ0) is 38.9. The number of aromatic nitrogens is 6. The van der Waals surface area contributed by atoms with Crippen LogP contribution in [0, 0.1) is 11.6 Å². The number of halogens is 4. The van der Waals surface area contributed by atoms with Crippen molar-refractivity contribution in [2.24, 2.45) is 0 Å². The van der Waals surface area contributed by atoms with Crippen molar-refractivity contribution in [3.05, 3.63) is 143 Å². The van der Waals surface area contributed by atoms with Crippen LogP contribution in [0.15, 0.2) is 115 Å². The van der Waals surface area contributed by atoms with E-state index >= 15 is 8.78 Å². The van der Waals surface area contributed by atoms with Crippen LogP contribution < -0.4 is 15.5 Å². The van der Waals surface area contributed by atoms with Crippen molar-refractivity contribution < 1.29 is 27.8 Å². The highest BCUT2D eigenvalue weighted by atomic mass is 19.3. The summed E-state index contributed by atoms with van der Waals surface area (Å²) in [5.74, 6) is -6.39. The average molecular weight is 757 g/mol. The number of nitrogens with zero attached hydrogens (tertiary/aromatic N) is 8. The Balaban J connectivity index is 1.00. The molecule has 0 saturated carbocycles. The third-order valence-electron chi connectivity index (χ3n) is 10.3. The summed E-state index contributed by atoms with van der Waals surface area (Å²) in [4.78, 5) is 21.5. The van der Waals surface area contributed by atoms with Crippen LogP contribution in [-0.4, -0.2) is 71.6 Å². The van der Waals surface area contributed by atoms with Gasteiger partial charge in [-0.2, -0.15) is 19.0 Å². The van der Waals surface area contributed by atoms with Crippen molar-refractivity contribution >= 4 is 11.4 Å². The number of anilines is 2. The monoisotopic (exact) mass is 756 g/mol. The molecule has 3 aromatic carbocycles. The Morgan fingerprint density at radius 2 is 1.45 bits per heavy atom. The third kappa shape index (κ3) is 7.24. The van der Waals surface area contributed by atoms with Crippen LogP contribution in [0.25, 0.3) is 16.8 Å². The van der Waals surface area contributed by atoms with E-state index < -0.39 is 53.1 Å². The average Bonchev–Trinajstić information content (AvgIpc) is 3.84. The summed E-state index contributed by atoms with van der Waals surface area (Å²) < 4.78 is 64.8. The van der Waals surface area contributed by atoms with Crippen molar-refractivity contribution in [3.8, 4) is 16.8 Å². The Labute approximate surface area is 314 Å². The molecule has 1 fully saturated rings. The van der Waals surface area contributed by atoms with E-state index in [9.17, 15) is 23.8 Å². The first-order valence-corrected chi connectivity index (χ1v) is 17.9. The van der Waals surface area contributed by atoms with E-state index in [0.29, 0.717) is 23.7 Å². The van der Waals surface area contributed by atoms with Crippen LogP contribution in [0.2, 0.25) is 0 Å². The van der Waals surface area contributed by atoms with Gasteiger partial charge in [0.1, 0.15) is 23.7 Å². The molecule has 0 aliphatic carbocycles. The second-order valence-corrected chi connectivity index (χ2v) is 13.7. The zero-order valence-electron chi connectivity index (χ0n) is 30.2. The fraction of sp³-hybridized carbons (Fsp3) is 0.300. The number of benzene rings is 3. The molecule has 0 radical (unpaired) electrons. The lowest BCUT2D eigenvalue weighted by Crippen LogP contribution is -2.48. The van der Waals surface area contributed by atoms with Crippen LogP contribution in [0.1, 0.15) is 37.6 Å². The minimum atomic E-state index is -4.11. The van der Waals surface area contributed by atoms with Gasteiger partial charge >= 0.3 is 11.6 Å². The van der Waals surface area contributed by atoms with Gasteiger partial charge in [-0.15, -0.1) is 0 Å². The largest absolute Gasteiger partial charge is 0.391 e. The number of aliphatic hydroxyl groups is 2. The lowest BCUT2D eigenvalue weighted by Gasteiger charge is -2.37. The summed E-state index contributed by atoms with van der Waals surface area (Å²) in [5, 5.41) is 29.7. The van der Waals surface area contributed by atoms with E-state index in [2.05, 4.69) is 25.0 Å². The topological polar surface area (TPSA) is 117 Å². The van der Waals surface area contributed by atoms with Gasteiger partial charge in [0.2, 0.25) is 0 Å². The molecule has 0 spiro atoms. The summed E-state index contributed by atoms with van der Waals surface area (Å²) in [6.45, 7) is 5.77. The first-order chi connectivity index (χ1) is 26.4. The van der Waals surface area contributed by atoms with Crippen molar-refractivity contribution in [3.63, 3.8) is 0 Å². The molecule has 55 heavy (non-hydrogen) atoms. The van der Waals surface area contributed by atoms with Crippen molar-refractivity contribution in [2.45, 2.75) is 50.5 Å². The molecule has 11 nitrogen and oxygen atoms in total. The Kier molecular flexibility index (Phi) is 10.3. The summed E-state index contributed by atoms with van der Waals surface area (Å²) in [7, 11) is 0. The van der Waals surface area contributed by atoms with Gasteiger partial charge < -0.3 is 20.0 Å². The molecule has 1 aliphatic heterocycles. The fourth-order valence-corrected chi connectivity index (χ4v) is 7.12. The maximum Gasteiger partial charge on any atom is 0.350 e. The minimum absolute atomic E-state index is 0.304. The number of rotatable bonds is 12. The summed E-state index contributed by atoms with van der Waals surface area (Å²) in [5.41, 5.74) is -1.02. The maximum absolute atomic E-state index is 16.2. The van der Waals surface area contributed by atoms with E-state index in [1.807, 2.05) is 55.5 Å². The second-order valence-electron chi connectivity index (χ2n) is 13.7. The molecule has 1 aliphatic rings. The lowest BCUT2D eigenvalue weighted by molar-refractivity contribution is -0.207. The molecular formula is C40H40F4N8O3. The van der Waals surface area contributed by atoms with Gasteiger partial charge in [0.05, 0.1) is 24.4 Å². The lowest BCUT2D eigenvalue weighted by atomic mass is 9.84. The molecule has 15 heteroatoms. The summed E-state index contributed by atoms with van der Waals surface area (Å²) >= 11 is 0. The molecule has 3 unspecified atom stereocenters. The smallest absolute Gasteiger partial charge is 0.350 e. The summed E-state index contributed by atoms with van der Waals surface area (Å²) in [6.07, 6.45) is 5.32. The Bertz CT molecular complexity index is 2270. The normalized spacial score (nSPS) is 15.9. The van der Waals surface area contributed by atoms with Crippen LogP contribution in [0.3, 0.4) is 0 Å². The molecule has 0 amide bonds. The molecule has 6 aromatic rings. The molecule has 1 saturated heterocycles. The van der Waals surface area contributed by atoms with Gasteiger partial charge in [0.15, 0.2) is 5.60 Å². The molecule has 7 rings (SSSR count). The van der Waals surface area contributed by atoms with Crippen molar-refractivity contribution in [1.82, 2.24) is 29.1 Å². The molecular weight excluding hydrogens is 716 g/mol. The Morgan fingerprint density at radius 1 is 0.836 bits per heavy atom. The number of piperazine rings is 1. The second kappa shape index (κ2) is 15.1. The van der Waals surface area contributed by atoms with E-state index in [1.165, 1.54) is 46.3 Å². The van der Waals surface area contributed by atoms with Gasteiger partial charge in [-0.25, -0.2) is 22.8 Å². The highest BCUT2D eigenvalue weighted by molar-refractivity contribution is 5.66. The van der Waals surface area contributed by atoms with E-state index in [4.69, 9.17) is 0 Å². The van der Waals surface area contributed by atoms with E-state index in [-0.39, 0.29) is 5.69 Å². The number of hydrogen-bond acceptors (Lipinski definition) is 8. The number of aliphatic hydroxyl groups excluding tert-OH is 1. The standard InChI is InChI=1S/C40H40F4N8O3/c1-3-36(27(2)53)52-38(54)51(26-47-52)33-13-11-32(12-14-33)49-21-19-48(20-22-49)31-9-5-28(6-10-31)29-7-16-37(45-24-29)40(43,44)39(55,25-50-18-4-17-46-50)34-15-8-30(41)23-35(34)42/h4-18,23-24,26-27,36,53,55H,3,19-22,25H2,1-2H3.